The quantitative estimate of drug-likeness (QED) is 0.520. The lowest BCUT2D eigenvalue weighted by molar-refractivity contribution is 0.102. The molecule has 1 aliphatic rings. The maximum Gasteiger partial charge on any atom is 0.277 e. The molecular weight excluding hydrogens is 328 g/mol. The smallest absolute Gasteiger partial charge is 0.277 e. The minimum Gasteiger partial charge on any atom is -0.454 e. The van der Waals surface area contributed by atoms with Crippen LogP contribution >= 0.6 is 11.8 Å². The molecule has 0 spiro atoms. The number of Topliss-reactive ketones (excluding diaryl/α,β-unsaturated/α-hetero) is 1. The van der Waals surface area contributed by atoms with E-state index in [1.54, 1.807) is 18.2 Å². The molecule has 0 radical (unpaired) electrons. The van der Waals surface area contributed by atoms with Gasteiger partial charge in [0.1, 0.15) is 0 Å². The van der Waals surface area contributed by atoms with Gasteiger partial charge in [-0.3, -0.25) is 4.79 Å². The van der Waals surface area contributed by atoms with Crippen molar-refractivity contribution in [2.75, 3.05) is 12.5 Å². The van der Waals surface area contributed by atoms with Crippen molar-refractivity contribution in [2.45, 2.75) is 5.22 Å². The van der Waals surface area contributed by atoms with Gasteiger partial charge in [-0.05, 0) is 30.3 Å². The minimum absolute atomic E-state index is 0.0437. The zero-order valence-electron chi connectivity index (χ0n) is 12.5. The number of aromatic nitrogens is 2. The number of fused-ring (bicyclic) bond motifs is 1. The average Bonchev–Trinajstić information content (AvgIpc) is 3.29. The van der Waals surface area contributed by atoms with E-state index >= 15 is 0 Å². The highest BCUT2D eigenvalue weighted by molar-refractivity contribution is 7.99. The summed E-state index contributed by atoms with van der Waals surface area (Å²) in [7, 11) is 0. The predicted molar refractivity (Wildman–Crippen MR) is 87.4 cm³/mol. The summed E-state index contributed by atoms with van der Waals surface area (Å²) in [5.74, 6) is 1.85. The van der Waals surface area contributed by atoms with Crippen molar-refractivity contribution in [2.24, 2.45) is 0 Å². The summed E-state index contributed by atoms with van der Waals surface area (Å²) in [5.41, 5.74) is 1.41. The SMILES string of the molecule is O=C(CSc1nnc(-c2ccccc2)o1)c1ccc2c(c1)OCO2. The zero-order chi connectivity index (χ0) is 16.4. The molecule has 0 amide bonds. The maximum absolute atomic E-state index is 12.3. The third-order valence-electron chi connectivity index (χ3n) is 3.45. The van der Waals surface area contributed by atoms with E-state index in [9.17, 15) is 4.79 Å². The molecule has 0 unspecified atom stereocenters. The topological polar surface area (TPSA) is 74.5 Å². The van der Waals surface area contributed by atoms with Gasteiger partial charge in [0.2, 0.25) is 12.7 Å². The molecule has 6 nitrogen and oxygen atoms in total. The number of hydrogen-bond donors (Lipinski definition) is 0. The first-order chi connectivity index (χ1) is 11.8. The minimum atomic E-state index is -0.0437. The molecule has 7 heteroatoms. The standard InChI is InChI=1S/C17H12N2O4S/c20-13(12-6-7-14-15(8-12)22-10-21-14)9-24-17-19-18-16(23-17)11-4-2-1-3-5-11/h1-8H,9-10H2. The lowest BCUT2D eigenvalue weighted by Gasteiger charge is -2.01. The molecule has 0 N–H and O–H groups in total. The first-order valence-corrected chi connectivity index (χ1v) is 8.23. The Hall–Kier alpha value is -2.80. The van der Waals surface area contributed by atoms with Crippen molar-refractivity contribution in [1.29, 1.82) is 0 Å². The Morgan fingerprint density at radius 2 is 1.88 bits per heavy atom. The van der Waals surface area contributed by atoms with E-state index in [0.717, 1.165) is 5.56 Å². The average molecular weight is 340 g/mol. The Bertz CT molecular complexity index is 879. The number of benzene rings is 2. The van der Waals surface area contributed by atoms with Gasteiger partial charge in [0, 0.05) is 11.1 Å². The van der Waals surface area contributed by atoms with Crippen molar-refractivity contribution in [3.8, 4) is 23.0 Å². The molecule has 120 valence electrons. The van der Waals surface area contributed by atoms with E-state index in [2.05, 4.69) is 10.2 Å². The monoisotopic (exact) mass is 340 g/mol. The Morgan fingerprint density at radius 1 is 1.04 bits per heavy atom. The molecule has 0 saturated heterocycles. The van der Waals surface area contributed by atoms with E-state index in [1.807, 2.05) is 30.3 Å². The number of thioether (sulfide) groups is 1. The number of carbonyl (C=O) groups excluding carboxylic acids is 1. The molecule has 0 fully saturated rings. The van der Waals surface area contributed by atoms with E-state index in [4.69, 9.17) is 13.9 Å². The number of ether oxygens (including phenoxy) is 2. The second-order valence-electron chi connectivity index (χ2n) is 5.02. The third-order valence-corrected chi connectivity index (χ3v) is 4.27. The maximum atomic E-state index is 12.3. The second-order valence-corrected chi connectivity index (χ2v) is 5.95. The van der Waals surface area contributed by atoms with Gasteiger partial charge in [0.05, 0.1) is 5.75 Å². The molecule has 0 bridgehead atoms. The molecule has 0 aliphatic carbocycles. The van der Waals surface area contributed by atoms with Crippen LogP contribution in [0.25, 0.3) is 11.5 Å². The van der Waals surface area contributed by atoms with Crippen LogP contribution in [-0.2, 0) is 0 Å². The van der Waals surface area contributed by atoms with Gasteiger partial charge in [-0.2, -0.15) is 0 Å². The first-order valence-electron chi connectivity index (χ1n) is 7.24. The van der Waals surface area contributed by atoms with E-state index in [0.29, 0.717) is 28.2 Å². The fourth-order valence-electron chi connectivity index (χ4n) is 2.25. The van der Waals surface area contributed by atoms with Crippen molar-refractivity contribution >= 4 is 17.5 Å². The Balaban J connectivity index is 1.42. The highest BCUT2D eigenvalue weighted by atomic mass is 32.2. The molecule has 2 aromatic carbocycles. The summed E-state index contributed by atoms with van der Waals surface area (Å²) in [6.45, 7) is 0.186. The summed E-state index contributed by atoms with van der Waals surface area (Å²) < 4.78 is 16.1. The lowest BCUT2D eigenvalue weighted by atomic mass is 10.1. The van der Waals surface area contributed by atoms with Gasteiger partial charge in [0.15, 0.2) is 17.3 Å². The largest absolute Gasteiger partial charge is 0.454 e. The number of hydrogen-bond acceptors (Lipinski definition) is 7. The fourth-order valence-corrected chi connectivity index (χ4v) is 2.90. The van der Waals surface area contributed by atoms with Crippen LogP contribution in [0.15, 0.2) is 58.2 Å². The molecule has 24 heavy (non-hydrogen) atoms. The molecule has 2 heterocycles. The van der Waals surface area contributed by atoms with E-state index in [-0.39, 0.29) is 18.3 Å². The van der Waals surface area contributed by atoms with Gasteiger partial charge >= 0.3 is 0 Å². The Morgan fingerprint density at radius 3 is 2.75 bits per heavy atom. The summed E-state index contributed by atoms with van der Waals surface area (Å²) in [4.78, 5) is 12.3. The normalized spacial score (nSPS) is 12.3. The van der Waals surface area contributed by atoms with Gasteiger partial charge < -0.3 is 13.9 Å². The van der Waals surface area contributed by atoms with Crippen molar-refractivity contribution < 1.29 is 18.7 Å². The highest BCUT2D eigenvalue weighted by Crippen LogP contribution is 2.33. The second kappa shape index (κ2) is 6.37. The van der Waals surface area contributed by atoms with Crippen molar-refractivity contribution in [1.82, 2.24) is 10.2 Å². The van der Waals surface area contributed by atoms with Crippen LogP contribution < -0.4 is 9.47 Å². The molecular formula is C17H12N2O4S. The summed E-state index contributed by atoms with van der Waals surface area (Å²) >= 11 is 1.21. The number of carbonyl (C=O) groups is 1. The van der Waals surface area contributed by atoms with Crippen LogP contribution in [0.4, 0.5) is 0 Å². The van der Waals surface area contributed by atoms with Crippen molar-refractivity contribution in [3.63, 3.8) is 0 Å². The van der Waals surface area contributed by atoms with Crippen LogP contribution in [0, 0.1) is 0 Å². The van der Waals surface area contributed by atoms with Crippen LogP contribution in [0.1, 0.15) is 10.4 Å². The first kappa shape index (κ1) is 14.8. The van der Waals surface area contributed by atoms with Crippen LogP contribution in [0.5, 0.6) is 11.5 Å². The molecule has 0 atom stereocenters. The van der Waals surface area contributed by atoms with E-state index < -0.39 is 0 Å². The van der Waals surface area contributed by atoms with Gasteiger partial charge in [0.25, 0.3) is 5.22 Å². The predicted octanol–water partition coefficient (Wildman–Crippen LogP) is 3.44. The third kappa shape index (κ3) is 2.98. The van der Waals surface area contributed by atoms with Crippen molar-refractivity contribution in [3.05, 3.63) is 54.1 Å². The summed E-state index contributed by atoms with van der Waals surface area (Å²) in [6.07, 6.45) is 0. The summed E-state index contributed by atoms with van der Waals surface area (Å²) in [6, 6.07) is 14.6. The Labute approximate surface area is 141 Å². The van der Waals surface area contributed by atoms with E-state index in [1.165, 1.54) is 11.8 Å². The fraction of sp³-hybridized carbons (Fsp3) is 0.118. The molecule has 1 aliphatic heterocycles. The highest BCUT2D eigenvalue weighted by Gasteiger charge is 2.17. The number of nitrogens with zero attached hydrogens (tertiary/aromatic N) is 2. The van der Waals surface area contributed by atoms with Gasteiger partial charge in [-0.15, -0.1) is 10.2 Å². The lowest BCUT2D eigenvalue weighted by Crippen LogP contribution is -2.02. The molecule has 1 aromatic heterocycles. The zero-order valence-corrected chi connectivity index (χ0v) is 13.3. The molecule has 4 rings (SSSR count). The van der Waals surface area contributed by atoms with Crippen LogP contribution in [0.2, 0.25) is 0 Å². The number of ketones is 1. The molecule has 0 saturated carbocycles. The van der Waals surface area contributed by atoms with Crippen LogP contribution in [0.3, 0.4) is 0 Å². The van der Waals surface area contributed by atoms with Crippen LogP contribution in [-0.4, -0.2) is 28.5 Å². The molecule has 3 aromatic rings. The Kier molecular flexibility index (Phi) is 3.92. The van der Waals surface area contributed by atoms with Gasteiger partial charge in [-0.25, -0.2) is 0 Å². The summed E-state index contributed by atoms with van der Waals surface area (Å²) in [5, 5.41) is 8.33. The number of rotatable bonds is 5. The van der Waals surface area contributed by atoms with Gasteiger partial charge in [-0.1, -0.05) is 30.0 Å².